The number of rotatable bonds is 10. The number of methoxy groups -OCH3 is 1. The van der Waals surface area contributed by atoms with Crippen molar-refractivity contribution in [3.05, 3.63) is 75.5 Å². The molecule has 0 unspecified atom stereocenters. The summed E-state index contributed by atoms with van der Waals surface area (Å²) in [6.07, 6.45) is 1.34. The fraction of sp³-hybridized carbons (Fsp3) is 0.261. The van der Waals surface area contributed by atoms with E-state index in [1.807, 2.05) is 0 Å². The predicted octanol–water partition coefficient (Wildman–Crippen LogP) is 1.66. The van der Waals surface area contributed by atoms with E-state index in [1.165, 1.54) is 49.6 Å². The lowest BCUT2D eigenvalue weighted by atomic mass is 10.0. The molecule has 0 radical (unpaired) electrons. The zero-order chi connectivity index (χ0) is 24.5. The first kappa shape index (κ1) is 25.1. The largest absolute Gasteiger partial charge is 0.548 e. The number of carbonyl (C=O) groups is 3. The Morgan fingerprint density at radius 1 is 1.12 bits per heavy atom. The van der Waals surface area contributed by atoms with Crippen LogP contribution in [0.5, 0.6) is 5.75 Å². The molecule has 0 spiro atoms. The van der Waals surface area contributed by atoms with Crippen molar-refractivity contribution in [3.63, 3.8) is 0 Å². The Morgan fingerprint density at radius 3 is 2.33 bits per heavy atom. The second-order valence-electron chi connectivity index (χ2n) is 7.57. The number of benzene rings is 2. The minimum atomic E-state index is -1.46. The van der Waals surface area contributed by atoms with E-state index >= 15 is 0 Å². The van der Waals surface area contributed by atoms with E-state index in [4.69, 9.17) is 4.74 Å². The van der Waals surface area contributed by atoms with Crippen LogP contribution in [0.25, 0.3) is 6.08 Å². The fourth-order valence-electron chi connectivity index (χ4n) is 2.91. The molecule has 0 aliphatic rings. The number of carbonyl (C=O) groups excluding carboxylic acids is 3. The fourth-order valence-corrected chi connectivity index (χ4v) is 2.91. The number of carboxylic acid groups (broad SMARTS) is 1. The van der Waals surface area contributed by atoms with Gasteiger partial charge in [0.1, 0.15) is 11.4 Å². The topological polar surface area (TPSA) is 151 Å². The molecule has 10 heteroatoms. The molecule has 2 N–H and O–H groups in total. The molecule has 0 fully saturated rings. The monoisotopic (exact) mass is 454 g/mol. The molecule has 2 aromatic carbocycles. The van der Waals surface area contributed by atoms with Crippen molar-refractivity contribution < 1.29 is 29.2 Å². The van der Waals surface area contributed by atoms with E-state index in [-0.39, 0.29) is 34.9 Å². The number of ether oxygens (including phenoxy) is 1. The number of hydrogen-bond acceptors (Lipinski definition) is 7. The molecule has 1 atom stereocenters. The molecule has 0 saturated carbocycles. The molecule has 0 aromatic heterocycles. The number of non-ortho nitro benzene ring substituents is 1. The summed E-state index contributed by atoms with van der Waals surface area (Å²) in [5, 5.41) is 27.3. The van der Waals surface area contributed by atoms with Crippen LogP contribution in [0.2, 0.25) is 0 Å². The normalized spacial score (nSPS) is 12.1. The summed E-state index contributed by atoms with van der Waals surface area (Å²) in [7, 11) is 1.48. The number of hydrogen-bond donors (Lipinski definition) is 2. The van der Waals surface area contributed by atoms with Crippen molar-refractivity contribution in [2.24, 2.45) is 5.92 Å². The van der Waals surface area contributed by atoms with E-state index in [9.17, 15) is 29.6 Å². The summed E-state index contributed by atoms with van der Waals surface area (Å²) in [4.78, 5) is 47.5. The highest BCUT2D eigenvalue weighted by molar-refractivity contribution is 6.06. The maximum Gasteiger partial charge on any atom is 0.270 e. The van der Waals surface area contributed by atoms with Gasteiger partial charge in [0.05, 0.1) is 24.0 Å². The molecule has 0 bridgehead atoms. The number of nitro groups is 1. The van der Waals surface area contributed by atoms with Gasteiger partial charge in [-0.25, -0.2) is 0 Å². The average Bonchev–Trinajstić information content (AvgIpc) is 2.77. The quantitative estimate of drug-likeness (QED) is 0.315. The van der Waals surface area contributed by atoms with Crippen molar-refractivity contribution in [3.8, 4) is 5.75 Å². The van der Waals surface area contributed by atoms with Gasteiger partial charge in [-0.05, 0) is 48.2 Å². The molecule has 0 heterocycles. The number of nitrogens with one attached hydrogen (secondary N) is 2. The summed E-state index contributed by atoms with van der Waals surface area (Å²) in [6.45, 7) is 3.57. The standard InChI is InChI=1S/C23H25N3O7/c1-14(2)11-20(23(29)30)25-22(28)19(13-15-5-4-6-17(12-15)26(31)32)24-21(27)16-7-9-18(33-3)10-8-16/h4-10,12-14,20H,11H2,1-3H3,(H,24,27)(H,25,28)(H,29,30)/p-1/b19-13-/t20-/m1/s1. The summed E-state index contributed by atoms with van der Waals surface area (Å²) >= 11 is 0. The molecule has 0 aliphatic carbocycles. The predicted molar refractivity (Wildman–Crippen MR) is 118 cm³/mol. The highest BCUT2D eigenvalue weighted by Gasteiger charge is 2.20. The van der Waals surface area contributed by atoms with Crippen molar-refractivity contribution in [2.75, 3.05) is 7.11 Å². The Bertz CT molecular complexity index is 1060. The SMILES string of the molecule is COc1ccc(C(=O)N/C(=C\c2cccc([N+](=O)[O-])c2)C(=O)N[C@H](CC(C)C)C(=O)[O-])cc1. The Kier molecular flexibility index (Phi) is 8.67. The van der Waals surface area contributed by atoms with Gasteiger partial charge in [0.15, 0.2) is 0 Å². The van der Waals surface area contributed by atoms with Gasteiger partial charge in [-0.2, -0.15) is 0 Å². The highest BCUT2D eigenvalue weighted by Crippen LogP contribution is 2.17. The van der Waals surface area contributed by atoms with Crippen molar-refractivity contribution >= 4 is 29.5 Å². The lowest BCUT2D eigenvalue weighted by Crippen LogP contribution is -2.50. The van der Waals surface area contributed by atoms with Gasteiger partial charge in [0.2, 0.25) is 0 Å². The molecule has 174 valence electrons. The number of nitro benzene ring substituents is 1. The van der Waals surface area contributed by atoms with E-state index in [2.05, 4.69) is 10.6 Å². The average molecular weight is 454 g/mol. The Morgan fingerprint density at radius 2 is 1.79 bits per heavy atom. The zero-order valence-corrected chi connectivity index (χ0v) is 18.4. The minimum Gasteiger partial charge on any atom is -0.548 e. The van der Waals surface area contributed by atoms with Gasteiger partial charge in [0.25, 0.3) is 17.5 Å². The first-order valence-electron chi connectivity index (χ1n) is 10.0. The summed E-state index contributed by atoms with van der Waals surface area (Å²) in [5.41, 5.74) is -0.0193. The molecular weight excluding hydrogens is 430 g/mol. The van der Waals surface area contributed by atoms with Gasteiger partial charge in [-0.1, -0.05) is 26.0 Å². The van der Waals surface area contributed by atoms with Crippen LogP contribution in [0.15, 0.2) is 54.2 Å². The van der Waals surface area contributed by atoms with Crippen molar-refractivity contribution in [1.82, 2.24) is 10.6 Å². The molecule has 0 aliphatic heterocycles. The van der Waals surface area contributed by atoms with Gasteiger partial charge in [0, 0.05) is 17.7 Å². The van der Waals surface area contributed by atoms with E-state index in [1.54, 1.807) is 26.0 Å². The molecule has 2 aromatic rings. The molecule has 10 nitrogen and oxygen atoms in total. The number of nitrogens with zero attached hydrogens (tertiary/aromatic N) is 1. The molecule has 33 heavy (non-hydrogen) atoms. The molecule has 0 saturated heterocycles. The van der Waals surface area contributed by atoms with Gasteiger partial charge < -0.3 is 25.3 Å². The summed E-state index contributed by atoms with van der Waals surface area (Å²) < 4.78 is 5.05. The Balaban J connectivity index is 2.38. The Hall–Kier alpha value is -4.21. The van der Waals surface area contributed by atoms with Gasteiger partial charge in [-0.15, -0.1) is 0 Å². The lowest BCUT2D eigenvalue weighted by Gasteiger charge is -2.22. The lowest BCUT2D eigenvalue weighted by molar-refractivity contribution is -0.384. The van der Waals surface area contributed by atoms with Crippen LogP contribution in [0, 0.1) is 16.0 Å². The van der Waals surface area contributed by atoms with Crippen molar-refractivity contribution in [1.29, 1.82) is 0 Å². The van der Waals surface area contributed by atoms with Crippen molar-refractivity contribution in [2.45, 2.75) is 26.3 Å². The maximum absolute atomic E-state index is 12.9. The third kappa shape index (κ3) is 7.46. The minimum absolute atomic E-state index is 0.0497. The molecule has 2 rings (SSSR count). The van der Waals surface area contributed by atoms with Crippen LogP contribution >= 0.6 is 0 Å². The Labute approximate surface area is 190 Å². The third-order valence-corrected chi connectivity index (χ3v) is 4.53. The van der Waals surface area contributed by atoms with Crippen LogP contribution in [-0.2, 0) is 9.59 Å². The van der Waals surface area contributed by atoms with Gasteiger partial charge in [-0.3, -0.25) is 19.7 Å². The smallest absolute Gasteiger partial charge is 0.270 e. The van der Waals surface area contributed by atoms with Gasteiger partial charge >= 0.3 is 0 Å². The second-order valence-corrected chi connectivity index (χ2v) is 7.57. The second kappa shape index (κ2) is 11.4. The zero-order valence-electron chi connectivity index (χ0n) is 18.4. The van der Waals surface area contributed by atoms with E-state index in [0.717, 1.165) is 0 Å². The van der Waals surface area contributed by atoms with Crippen LogP contribution in [0.4, 0.5) is 5.69 Å². The van der Waals surface area contributed by atoms with E-state index in [0.29, 0.717) is 5.75 Å². The van der Waals surface area contributed by atoms with E-state index < -0.39 is 28.7 Å². The first-order valence-corrected chi connectivity index (χ1v) is 10.0. The highest BCUT2D eigenvalue weighted by atomic mass is 16.6. The number of aliphatic carboxylic acids is 1. The van der Waals surface area contributed by atoms with Crippen LogP contribution < -0.4 is 20.5 Å². The third-order valence-electron chi connectivity index (χ3n) is 4.53. The maximum atomic E-state index is 12.9. The molecular formula is C23H24N3O7-. The summed E-state index contributed by atoms with van der Waals surface area (Å²) in [6, 6.07) is 10.2. The first-order chi connectivity index (χ1) is 15.6. The number of amides is 2. The van der Waals surface area contributed by atoms with Crippen LogP contribution in [-0.4, -0.2) is 35.9 Å². The van der Waals surface area contributed by atoms with Crippen LogP contribution in [0.1, 0.15) is 36.2 Å². The van der Waals surface area contributed by atoms with Crippen LogP contribution in [0.3, 0.4) is 0 Å². The number of carboxylic acids is 1. The summed E-state index contributed by atoms with van der Waals surface area (Å²) in [5.74, 6) is -2.50. The molecule has 2 amide bonds.